The van der Waals surface area contributed by atoms with Crippen LogP contribution in [0.5, 0.6) is 5.75 Å². The number of phenolic OH excluding ortho intramolecular Hbond substituents is 1. The topological polar surface area (TPSA) is 108 Å². The van der Waals surface area contributed by atoms with Gasteiger partial charge < -0.3 is 25.6 Å². The number of hydrogen-bond acceptors (Lipinski definition) is 5. The molecule has 0 atom stereocenters. The van der Waals surface area contributed by atoms with E-state index in [4.69, 9.17) is 9.84 Å². The van der Waals surface area contributed by atoms with Gasteiger partial charge >= 0.3 is 5.97 Å². The number of phenols is 1. The molecule has 0 radical (unpaired) electrons. The van der Waals surface area contributed by atoms with Gasteiger partial charge in [0.2, 0.25) is 0 Å². The summed E-state index contributed by atoms with van der Waals surface area (Å²) in [4.78, 5) is 23.1. The van der Waals surface area contributed by atoms with E-state index in [1.54, 1.807) is 12.1 Å². The smallest absolute Gasteiger partial charge is 0.305 e. The van der Waals surface area contributed by atoms with E-state index in [0.717, 1.165) is 37.1 Å². The highest BCUT2D eigenvalue weighted by Crippen LogP contribution is 2.44. The van der Waals surface area contributed by atoms with Crippen LogP contribution in [-0.4, -0.2) is 54.9 Å². The zero-order chi connectivity index (χ0) is 22.1. The lowest BCUT2D eigenvalue weighted by atomic mass is 9.68. The molecule has 0 saturated carbocycles. The number of piperidine rings is 1. The highest BCUT2D eigenvalue weighted by Gasteiger charge is 2.38. The fourth-order valence-electron chi connectivity index (χ4n) is 4.12. The molecule has 0 aromatic heterocycles. The summed E-state index contributed by atoms with van der Waals surface area (Å²) < 4.78 is 5.24. The minimum absolute atomic E-state index is 0.0265. The highest BCUT2D eigenvalue weighted by atomic mass is 16.5. The van der Waals surface area contributed by atoms with Crippen LogP contribution >= 0.6 is 0 Å². The first-order valence-corrected chi connectivity index (χ1v) is 10.7. The summed E-state index contributed by atoms with van der Waals surface area (Å²) in [7, 11) is 0. The number of carboxylic acid groups (broad SMARTS) is 1. The summed E-state index contributed by atoms with van der Waals surface area (Å²) in [6.45, 7) is 2.66. The van der Waals surface area contributed by atoms with E-state index in [0.29, 0.717) is 25.1 Å². The molecule has 0 bridgehead atoms. The van der Waals surface area contributed by atoms with Crippen molar-refractivity contribution >= 4 is 11.9 Å². The molecule has 1 amide bonds. The van der Waals surface area contributed by atoms with Gasteiger partial charge in [0.05, 0.1) is 13.0 Å². The van der Waals surface area contributed by atoms with Gasteiger partial charge in [-0.25, -0.2) is 0 Å². The molecule has 0 aliphatic carbocycles. The van der Waals surface area contributed by atoms with E-state index < -0.39 is 5.97 Å². The largest absolute Gasteiger partial charge is 0.508 e. The minimum Gasteiger partial charge on any atom is -0.508 e. The molecular weight excluding hydrogens is 396 g/mol. The monoisotopic (exact) mass is 426 g/mol. The van der Waals surface area contributed by atoms with Crippen LogP contribution in [0, 0.1) is 0 Å². The van der Waals surface area contributed by atoms with Crippen LogP contribution in [-0.2, 0) is 14.9 Å². The van der Waals surface area contributed by atoms with Crippen LogP contribution in [0.2, 0.25) is 0 Å². The summed E-state index contributed by atoms with van der Waals surface area (Å²) in [6.07, 6.45) is 2.24. The second kappa shape index (κ2) is 10.9. The number of carboxylic acids is 1. The zero-order valence-corrected chi connectivity index (χ0v) is 17.6. The van der Waals surface area contributed by atoms with Crippen LogP contribution in [0.4, 0.5) is 0 Å². The number of nitrogens with one attached hydrogen (secondary N) is 2. The molecule has 1 fully saturated rings. The molecule has 7 heteroatoms. The van der Waals surface area contributed by atoms with Gasteiger partial charge in [-0.1, -0.05) is 30.3 Å². The quantitative estimate of drug-likeness (QED) is 0.435. The second-order valence-corrected chi connectivity index (χ2v) is 7.80. The van der Waals surface area contributed by atoms with E-state index in [1.165, 1.54) is 0 Å². The maximum absolute atomic E-state index is 12.7. The summed E-state index contributed by atoms with van der Waals surface area (Å²) >= 11 is 0. The van der Waals surface area contributed by atoms with Crippen molar-refractivity contribution in [2.45, 2.75) is 31.1 Å². The fourth-order valence-corrected chi connectivity index (χ4v) is 4.12. The Balaban J connectivity index is 1.69. The summed E-state index contributed by atoms with van der Waals surface area (Å²) in [5, 5.41) is 25.6. The van der Waals surface area contributed by atoms with Crippen molar-refractivity contribution in [2.75, 3.05) is 32.8 Å². The van der Waals surface area contributed by atoms with Crippen molar-refractivity contribution < 1.29 is 24.5 Å². The standard InChI is InChI=1S/C24H30N2O5/c27-21-8-7-18(23(30)26-12-4-15-31-16-9-22(28)29)17-20(21)24(10-13-25-14-11-24)19-5-2-1-3-6-19/h1-3,5-8,17,25,27H,4,9-16H2,(H,26,30)(H,28,29). The number of carbonyl (C=O) groups excluding carboxylic acids is 1. The third-order valence-corrected chi connectivity index (χ3v) is 5.77. The zero-order valence-electron chi connectivity index (χ0n) is 17.6. The lowest BCUT2D eigenvalue weighted by molar-refractivity contribution is -0.138. The van der Waals surface area contributed by atoms with Crippen LogP contribution in [0.3, 0.4) is 0 Å². The molecule has 166 valence electrons. The first kappa shape index (κ1) is 22.8. The Hall–Kier alpha value is -2.90. The Morgan fingerprint density at radius 3 is 2.52 bits per heavy atom. The number of aliphatic carboxylic acids is 1. The molecule has 2 aromatic carbocycles. The first-order valence-electron chi connectivity index (χ1n) is 10.7. The molecule has 4 N–H and O–H groups in total. The summed E-state index contributed by atoms with van der Waals surface area (Å²) in [6, 6.07) is 15.2. The number of amides is 1. The molecule has 2 aromatic rings. The van der Waals surface area contributed by atoms with E-state index in [9.17, 15) is 14.7 Å². The van der Waals surface area contributed by atoms with Crippen molar-refractivity contribution in [3.8, 4) is 5.75 Å². The number of hydrogen-bond donors (Lipinski definition) is 4. The van der Waals surface area contributed by atoms with Gasteiger partial charge in [0.25, 0.3) is 5.91 Å². The number of ether oxygens (including phenoxy) is 1. The van der Waals surface area contributed by atoms with E-state index in [2.05, 4.69) is 22.8 Å². The number of carbonyl (C=O) groups is 2. The van der Waals surface area contributed by atoms with Crippen molar-refractivity contribution in [3.63, 3.8) is 0 Å². The van der Waals surface area contributed by atoms with Gasteiger partial charge in [0, 0.05) is 29.7 Å². The summed E-state index contributed by atoms with van der Waals surface area (Å²) in [5.74, 6) is -0.892. The number of rotatable bonds is 10. The lowest BCUT2D eigenvalue weighted by Gasteiger charge is -2.39. The summed E-state index contributed by atoms with van der Waals surface area (Å²) in [5.41, 5.74) is 2.09. The van der Waals surface area contributed by atoms with Crippen LogP contribution in [0.15, 0.2) is 48.5 Å². The van der Waals surface area contributed by atoms with E-state index in [-0.39, 0.29) is 30.1 Å². The molecule has 3 rings (SSSR count). The van der Waals surface area contributed by atoms with Gasteiger partial charge in [-0.3, -0.25) is 9.59 Å². The van der Waals surface area contributed by atoms with Gasteiger partial charge in [0.15, 0.2) is 0 Å². The van der Waals surface area contributed by atoms with Gasteiger partial charge in [-0.05, 0) is 56.1 Å². The molecule has 31 heavy (non-hydrogen) atoms. The van der Waals surface area contributed by atoms with E-state index >= 15 is 0 Å². The van der Waals surface area contributed by atoms with Crippen molar-refractivity contribution in [1.29, 1.82) is 0 Å². The van der Waals surface area contributed by atoms with Crippen molar-refractivity contribution in [3.05, 3.63) is 65.2 Å². The Kier molecular flexibility index (Phi) is 8.03. The molecule has 1 saturated heterocycles. The second-order valence-electron chi connectivity index (χ2n) is 7.80. The molecule has 0 spiro atoms. The number of aromatic hydroxyl groups is 1. The molecule has 1 aliphatic rings. The first-order chi connectivity index (χ1) is 15.0. The Morgan fingerprint density at radius 1 is 1.06 bits per heavy atom. The van der Waals surface area contributed by atoms with Crippen LogP contribution < -0.4 is 10.6 Å². The molecule has 0 unspecified atom stereocenters. The third kappa shape index (κ3) is 5.83. The number of benzene rings is 2. The fraction of sp³-hybridized carbons (Fsp3) is 0.417. The normalized spacial score (nSPS) is 15.4. The predicted molar refractivity (Wildman–Crippen MR) is 117 cm³/mol. The van der Waals surface area contributed by atoms with Gasteiger partial charge in [-0.15, -0.1) is 0 Å². The Labute approximate surface area is 182 Å². The van der Waals surface area contributed by atoms with Crippen molar-refractivity contribution in [1.82, 2.24) is 10.6 Å². The SMILES string of the molecule is O=C(O)CCOCCCNC(=O)c1ccc(O)c(C2(c3ccccc3)CCNCC2)c1. The maximum Gasteiger partial charge on any atom is 0.305 e. The molecule has 1 aliphatic heterocycles. The maximum atomic E-state index is 12.7. The average Bonchev–Trinajstić information content (AvgIpc) is 2.79. The molecular formula is C24H30N2O5. The average molecular weight is 427 g/mol. The minimum atomic E-state index is -0.890. The Morgan fingerprint density at radius 2 is 1.81 bits per heavy atom. The van der Waals surface area contributed by atoms with E-state index in [1.807, 2.05) is 24.3 Å². The molecule has 1 heterocycles. The molecule has 7 nitrogen and oxygen atoms in total. The van der Waals surface area contributed by atoms with Crippen LogP contribution in [0.25, 0.3) is 0 Å². The predicted octanol–water partition coefficient (Wildman–Crippen LogP) is 2.67. The van der Waals surface area contributed by atoms with Crippen LogP contribution in [0.1, 0.15) is 47.2 Å². The highest BCUT2D eigenvalue weighted by molar-refractivity contribution is 5.94. The Bertz CT molecular complexity index is 879. The third-order valence-electron chi connectivity index (χ3n) is 5.77. The lowest BCUT2D eigenvalue weighted by Crippen LogP contribution is -2.41. The van der Waals surface area contributed by atoms with Gasteiger partial charge in [0.1, 0.15) is 5.75 Å². The van der Waals surface area contributed by atoms with Gasteiger partial charge in [-0.2, -0.15) is 0 Å². The van der Waals surface area contributed by atoms with Crippen molar-refractivity contribution in [2.24, 2.45) is 0 Å².